The number of rotatable bonds is 4. The summed E-state index contributed by atoms with van der Waals surface area (Å²) in [5, 5.41) is 0. The lowest BCUT2D eigenvalue weighted by Gasteiger charge is -2.21. The first-order valence-electron chi connectivity index (χ1n) is 8.19. The molecule has 0 atom stereocenters. The second kappa shape index (κ2) is 7.59. The van der Waals surface area contributed by atoms with Crippen LogP contribution in [0.2, 0.25) is 0 Å². The van der Waals surface area contributed by atoms with Gasteiger partial charge in [-0.2, -0.15) is 0 Å². The van der Waals surface area contributed by atoms with Crippen LogP contribution in [0.15, 0.2) is 41.0 Å². The van der Waals surface area contributed by atoms with Crippen molar-refractivity contribution in [1.29, 1.82) is 0 Å². The van der Waals surface area contributed by atoms with E-state index in [4.69, 9.17) is 10.2 Å². The third kappa shape index (κ3) is 4.01. The lowest BCUT2D eigenvalue weighted by Crippen LogP contribution is -2.34. The molecule has 1 fully saturated rings. The summed E-state index contributed by atoms with van der Waals surface area (Å²) in [4.78, 5) is 16.7. The summed E-state index contributed by atoms with van der Waals surface area (Å²) in [6, 6.07) is 8.29. The fourth-order valence-electron chi connectivity index (χ4n) is 2.96. The molecule has 0 bridgehead atoms. The number of nitrogens with zero attached hydrogens (tertiary/aromatic N) is 2. The molecule has 2 aromatic rings. The molecular formula is C18H22FN3O2. The minimum atomic E-state index is -0.219. The van der Waals surface area contributed by atoms with Crippen LogP contribution in [0.1, 0.15) is 28.1 Å². The van der Waals surface area contributed by atoms with Gasteiger partial charge < -0.3 is 15.1 Å². The van der Waals surface area contributed by atoms with Crippen LogP contribution in [0.4, 0.5) is 4.39 Å². The van der Waals surface area contributed by atoms with Gasteiger partial charge in [0.15, 0.2) is 0 Å². The standard InChI is InChI=1S/C18H22FN3O2/c19-16-4-2-14(3-5-16)12-21-6-1-7-22(9-8-21)18(23)15-10-17(11-20)24-13-15/h2-5,10,13H,1,6-9,11-12,20H2. The Labute approximate surface area is 140 Å². The maximum absolute atomic E-state index is 13.0. The summed E-state index contributed by atoms with van der Waals surface area (Å²) >= 11 is 0. The van der Waals surface area contributed by atoms with Crippen molar-refractivity contribution < 1.29 is 13.6 Å². The average Bonchev–Trinajstić information content (AvgIpc) is 2.96. The summed E-state index contributed by atoms with van der Waals surface area (Å²) in [6.45, 7) is 4.17. The summed E-state index contributed by atoms with van der Waals surface area (Å²) < 4.78 is 18.2. The number of hydrogen-bond donors (Lipinski definition) is 1. The van der Waals surface area contributed by atoms with Crippen LogP contribution in [-0.4, -0.2) is 41.9 Å². The lowest BCUT2D eigenvalue weighted by molar-refractivity contribution is 0.0760. The largest absolute Gasteiger partial charge is 0.467 e. The van der Waals surface area contributed by atoms with Crippen molar-refractivity contribution in [3.63, 3.8) is 0 Å². The highest BCUT2D eigenvalue weighted by molar-refractivity contribution is 5.94. The van der Waals surface area contributed by atoms with Gasteiger partial charge in [0.25, 0.3) is 5.91 Å². The van der Waals surface area contributed by atoms with Crippen LogP contribution >= 0.6 is 0 Å². The number of carbonyl (C=O) groups is 1. The maximum Gasteiger partial charge on any atom is 0.257 e. The highest BCUT2D eigenvalue weighted by Gasteiger charge is 2.21. The first kappa shape index (κ1) is 16.7. The number of furan rings is 1. The average molecular weight is 331 g/mol. The van der Waals surface area contributed by atoms with E-state index in [1.807, 2.05) is 17.0 Å². The molecule has 1 aliphatic heterocycles. The number of halogens is 1. The summed E-state index contributed by atoms with van der Waals surface area (Å²) in [5.74, 6) is 0.386. The van der Waals surface area contributed by atoms with E-state index in [0.29, 0.717) is 24.4 Å². The minimum Gasteiger partial charge on any atom is -0.467 e. The van der Waals surface area contributed by atoms with Gasteiger partial charge in [-0.15, -0.1) is 0 Å². The number of benzene rings is 1. The van der Waals surface area contributed by atoms with Gasteiger partial charge in [-0.3, -0.25) is 9.69 Å². The molecule has 0 aliphatic carbocycles. The van der Waals surface area contributed by atoms with E-state index in [2.05, 4.69) is 4.90 Å². The molecule has 1 saturated heterocycles. The molecule has 1 aromatic heterocycles. The number of nitrogens with two attached hydrogens (primary N) is 1. The van der Waals surface area contributed by atoms with Crippen LogP contribution in [0.25, 0.3) is 0 Å². The molecule has 2 heterocycles. The van der Waals surface area contributed by atoms with Gasteiger partial charge in [0, 0.05) is 32.7 Å². The van der Waals surface area contributed by atoms with Gasteiger partial charge in [-0.05, 0) is 30.2 Å². The number of amides is 1. The Balaban J connectivity index is 1.58. The zero-order valence-electron chi connectivity index (χ0n) is 13.6. The van der Waals surface area contributed by atoms with Crippen molar-refractivity contribution in [2.24, 2.45) is 5.73 Å². The van der Waals surface area contributed by atoms with Gasteiger partial charge in [0.2, 0.25) is 0 Å². The third-order valence-corrected chi connectivity index (χ3v) is 4.30. The third-order valence-electron chi connectivity index (χ3n) is 4.30. The van der Waals surface area contributed by atoms with Crippen molar-refractivity contribution in [3.05, 3.63) is 59.3 Å². The zero-order chi connectivity index (χ0) is 16.9. The van der Waals surface area contributed by atoms with Crippen LogP contribution in [-0.2, 0) is 13.1 Å². The molecule has 0 radical (unpaired) electrons. The molecule has 1 aromatic carbocycles. The SMILES string of the molecule is NCc1cc(C(=O)N2CCCN(Cc3ccc(F)cc3)CC2)co1. The maximum atomic E-state index is 13.0. The molecule has 2 N–H and O–H groups in total. The zero-order valence-corrected chi connectivity index (χ0v) is 13.6. The lowest BCUT2D eigenvalue weighted by atomic mass is 10.2. The second-order valence-electron chi connectivity index (χ2n) is 6.05. The molecule has 0 unspecified atom stereocenters. The molecule has 0 saturated carbocycles. The Morgan fingerprint density at radius 2 is 1.96 bits per heavy atom. The molecule has 24 heavy (non-hydrogen) atoms. The van der Waals surface area contributed by atoms with Gasteiger partial charge >= 0.3 is 0 Å². The molecule has 0 spiro atoms. The highest BCUT2D eigenvalue weighted by atomic mass is 19.1. The van der Waals surface area contributed by atoms with Crippen molar-refractivity contribution in [2.75, 3.05) is 26.2 Å². The van der Waals surface area contributed by atoms with Gasteiger partial charge in [0.05, 0.1) is 12.1 Å². The molecule has 3 rings (SSSR count). The van der Waals surface area contributed by atoms with Gasteiger partial charge in [-0.1, -0.05) is 12.1 Å². The Morgan fingerprint density at radius 3 is 2.67 bits per heavy atom. The van der Waals surface area contributed by atoms with E-state index >= 15 is 0 Å². The predicted molar refractivity (Wildman–Crippen MR) is 88.8 cm³/mol. The number of hydrogen-bond acceptors (Lipinski definition) is 4. The summed E-state index contributed by atoms with van der Waals surface area (Å²) in [6.07, 6.45) is 2.39. The molecule has 6 heteroatoms. The fraction of sp³-hybridized carbons (Fsp3) is 0.389. The normalized spacial score (nSPS) is 16.2. The van der Waals surface area contributed by atoms with Crippen molar-refractivity contribution in [1.82, 2.24) is 9.80 Å². The molecule has 5 nitrogen and oxygen atoms in total. The molecule has 128 valence electrons. The van der Waals surface area contributed by atoms with E-state index in [-0.39, 0.29) is 11.7 Å². The first-order valence-corrected chi connectivity index (χ1v) is 8.19. The monoisotopic (exact) mass is 331 g/mol. The molecular weight excluding hydrogens is 309 g/mol. The fourth-order valence-corrected chi connectivity index (χ4v) is 2.96. The van der Waals surface area contributed by atoms with Crippen LogP contribution < -0.4 is 5.73 Å². The van der Waals surface area contributed by atoms with Crippen molar-refractivity contribution >= 4 is 5.91 Å². The van der Waals surface area contributed by atoms with Gasteiger partial charge in [-0.25, -0.2) is 4.39 Å². The van der Waals surface area contributed by atoms with Crippen LogP contribution in [0.3, 0.4) is 0 Å². The smallest absolute Gasteiger partial charge is 0.257 e. The van der Waals surface area contributed by atoms with Gasteiger partial charge in [0.1, 0.15) is 17.8 Å². The van der Waals surface area contributed by atoms with Crippen molar-refractivity contribution in [3.8, 4) is 0 Å². The topological polar surface area (TPSA) is 62.7 Å². The number of carbonyl (C=O) groups excluding carboxylic acids is 1. The van der Waals surface area contributed by atoms with Crippen molar-refractivity contribution in [2.45, 2.75) is 19.5 Å². The van der Waals surface area contributed by atoms with E-state index in [1.165, 1.54) is 18.4 Å². The predicted octanol–water partition coefficient (Wildman–Crippen LogP) is 2.23. The molecule has 1 aliphatic rings. The Hall–Kier alpha value is -2.18. The van der Waals surface area contributed by atoms with E-state index < -0.39 is 0 Å². The first-order chi connectivity index (χ1) is 11.7. The minimum absolute atomic E-state index is 0.0120. The van der Waals surface area contributed by atoms with E-state index in [0.717, 1.165) is 38.2 Å². The quantitative estimate of drug-likeness (QED) is 0.933. The second-order valence-corrected chi connectivity index (χ2v) is 6.05. The molecule has 1 amide bonds. The van der Waals surface area contributed by atoms with E-state index in [1.54, 1.807) is 6.07 Å². The summed E-state index contributed by atoms with van der Waals surface area (Å²) in [5.41, 5.74) is 7.16. The Bertz CT molecular complexity index is 684. The van der Waals surface area contributed by atoms with E-state index in [9.17, 15) is 9.18 Å². The van der Waals surface area contributed by atoms with Crippen LogP contribution in [0.5, 0.6) is 0 Å². The Kier molecular flexibility index (Phi) is 5.27. The highest BCUT2D eigenvalue weighted by Crippen LogP contribution is 2.14. The summed E-state index contributed by atoms with van der Waals surface area (Å²) in [7, 11) is 0. The Morgan fingerprint density at radius 1 is 1.17 bits per heavy atom. The van der Waals surface area contributed by atoms with Crippen LogP contribution in [0, 0.1) is 5.82 Å².